The van der Waals surface area contributed by atoms with Gasteiger partial charge >= 0.3 is 0 Å². The predicted molar refractivity (Wildman–Crippen MR) is 85.3 cm³/mol. The monoisotopic (exact) mass is 308 g/mol. The van der Waals surface area contributed by atoms with Crippen molar-refractivity contribution in [2.24, 2.45) is 22.2 Å². The zero-order valence-electron chi connectivity index (χ0n) is 14.0. The number of aliphatic hydroxyl groups is 3. The standard InChI is InChI=1S/C19H32O3/c1-16-6-5-9-18(22,12-16)14-10-17(7-3-2-4-8-17)19(14,13-20)15(21)11-16/h14-15,20-22H,2-13H2,1H3/t14-,15-,16-,18+,19-/m0/s1. The fraction of sp³-hybridized carbons (Fsp3) is 1.00. The molecule has 3 heteroatoms. The van der Waals surface area contributed by atoms with Crippen LogP contribution in [0.1, 0.15) is 77.6 Å². The van der Waals surface area contributed by atoms with Gasteiger partial charge in [0.15, 0.2) is 0 Å². The number of aliphatic hydroxyl groups excluding tert-OH is 2. The highest BCUT2D eigenvalue weighted by Crippen LogP contribution is 2.74. The van der Waals surface area contributed by atoms with E-state index in [0.29, 0.717) is 0 Å². The summed E-state index contributed by atoms with van der Waals surface area (Å²) in [7, 11) is 0. The number of rotatable bonds is 1. The molecule has 0 amide bonds. The van der Waals surface area contributed by atoms with Gasteiger partial charge in [-0.3, -0.25) is 0 Å². The van der Waals surface area contributed by atoms with Crippen molar-refractivity contribution in [2.45, 2.75) is 89.3 Å². The maximum absolute atomic E-state index is 11.4. The second-order valence-corrected chi connectivity index (χ2v) is 9.46. The van der Waals surface area contributed by atoms with Crippen LogP contribution in [0.3, 0.4) is 0 Å². The third-order valence-corrected chi connectivity index (χ3v) is 8.33. The summed E-state index contributed by atoms with van der Waals surface area (Å²) < 4.78 is 0. The molecule has 4 saturated carbocycles. The fourth-order valence-electron chi connectivity index (χ4n) is 7.40. The summed E-state index contributed by atoms with van der Waals surface area (Å²) in [6.07, 6.45) is 11.2. The molecule has 0 aromatic carbocycles. The first-order chi connectivity index (χ1) is 10.4. The Kier molecular flexibility index (Phi) is 3.30. The van der Waals surface area contributed by atoms with Crippen molar-refractivity contribution in [1.82, 2.24) is 0 Å². The Morgan fingerprint density at radius 2 is 1.68 bits per heavy atom. The fourth-order valence-corrected chi connectivity index (χ4v) is 7.40. The molecule has 4 fully saturated rings. The first-order valence-electron chi connectivity index (χ1n) is 9.41. The molecule has 4 rings (SSSR count). The van der Waals surface area contributed by atoms with Crippen LogP contribution in [0.15, 0.2) is 0 Å². The van der Waals surface area contributed by atoms with Gasteiger partial charge in [-0.25, -0.2) is 0 Å². The zero-order chi connectivity index (χ0) is 15.6. The van der Waals surface area contributed by atoms with Crippen LogP contribution in [0.25, 0.3) is 0 Å². The molecular formula is C19H32O3. The average Bonchev–Trinajstić information content (AvgIpc) is 2.49. The van der Waals surface area contributed by atoms with Gasteiger partial charge in [0.25, 0.3) is 0 Å². The Labute approximate surface area is 134 Å². The first-order valence-corrected chi connectivity index (χ1v) is 9.41. The summed E-state index contributed by atoms with van der Waals surface area (Å²) in [5, 5.41) is 33.1. The van der Waals surface area contributed by atoms with Crippen LogP contribution in [0.5, 0.6) is 0 Å². The van der Waals surface area contributed by atoms with Gasteiger partial charge in [0.2, 0.25) is 0 Å². The molecule has 0 heterocycles. The van der Waals surface area contributed by atoms with Gasteiger partial charge in [-0.15, -0.1) is 0 Å². The van der Waals surface area contributed by atoms with E-state index in [2.05, 4.69) is 6.92 Å². The lowest BCUT2D eigenvalue weighted by molar-refractivity contribution is -0.284. The molecule has 3 N–H and O–H groups in total. The maximum Gasteiger partial charge on any atom is 0.0688 e. The van der Waals surface area contributed by atoms with Gasteiger partial charge in [-0.2, -0.15) is 0 Å². The molecule has 0 saturated heterocycles. The molecule has 126 valence electrons. The summed E-state index contributed by atoms with van der Waals surface area (Å²) in [4.78, 5) is 0. The Bertz CT molecular complexity index is 458. The van der Waals surface area contributed by atoms with Crippen LogP contribution >= 0.6 is 0 Å². The van der Waals surface area contributed by atoms with Crippen LogP contribution in [0.2, 0.25) is 0 Å². The van der Waals surface area contributed by atoms with Crippen molar-refractivity contribution in [3.05, 3.63) is 0 Å². The molecule has 3 nitrogen and oxygen atoms in total. The van der Waals surface area contributed by atoms with E-state index in [-0.39, 0.29) is 23.4 Å². The lowest BCUT2D eigenvalue weighted by atomic mass is 9.36. The highest BCUT2D eigenvalue weighted by atomic mass is 16.3. The zero-order valence-corrected chi connectivity index (χ0v) is 14.0. The molecule has 1 spiro atoms. The smallest absolute Gasteiger partial charge is 0.0688 e. The normalized spacial score (nSPS) is 53.5. The van der Waals surface area contributed by atoms with Crippen molar-refractivity contribution >= 4 is 0 Å². The van der Waals surface area contributed by atoms with Crippen LogP contribution < -0.4 is 0 Å². The third-order valence-electron chi connectivity index (χ3n) is 8.33. The molecule has 2 bridgehead atoms. The lowest BCUT2D eigenvalue weighted by Gasteiger charge is -2.70. The molecular weight excluding hydrogens is 276 g/mol. The van der Waals surface area contributed by atoms with Crippen molar-refractivity contribution in [3.63, 3.8) is 0 Å². The van der Waals surface area contributed by atoms with Gasteiger partial charge < -0.3 is 15.3 Å². The highest BCUT2D eigenvalue weighted by molar-refractivity contribution is 5.23. The topological polar surface area (TPSA) is 60.7 Å². The summed E-state index contributed by atoms with van der Waals surface area (Å²) in [5.41, 5.74) is -0.963. The highest BCUT2D eigenvalue weighted by Gasteiger charge is 2.74. The number of hydrogen-bond acceptors (Lipinski definition) is 3. The summed E-state index contributed by atoms with van der Waals surface area (Å²) in [6.45, 7) is 2.29. The molecule has 0 radical (unpaired) electrons. The van der Waals surface area contributed by atoms with E-state index < -0.39 is 17.1 Å². The van der Waals surface area contributed by atoms with Crippen LogP contribution in [-0.2, 0) is 0 Å². The van der Waals surface area contributed by atoms with Crippen molar-refractivity contribution < 1.29 is 15.3 Å². The van der Waals surface area contributed by atoms with Gasteiger partial charge in [-0.05, 0) is 61.7 Å². The van der Waals surface area contributed by atoms with Crippen molar-refractivity contribution in [2.75, 3.05) is 6.61 Å². The molecule has 0 aliphatic heterocycles. The van der Waals surface area contributed by atoms with Crippen molar-refractivity contribution in [3.8, 4) is 0 Å². The molecule has 0 aromatic heterocycles. The Morgan fingerprint density at radius 3 is 2.36 bits per heavy atom. The number of fused-ring (bicyclic) bond motifs is 5. The lowest BCUT2D eigenvalue weighted by Crippen LogP contribution is -2.71. The maximum atomic E-state index is 11.4. The summed E-state index contributed by atoms with van der Waals surface area (Å²) >= 11 is 0. The molecule has 4 aliphatic rings. The average molecular weight is 308 g/mol. The second kappa shape index (κ2) is 4.70. The minimum absolute atomic E-state index is 0.0434. The van der Waals surface area contributed by atoms with E-state index in [1.807, 2.05) is 0 Å². The van der Waals surface area contributed by atoms with Crippen LogP contribution in [0, 0.1) is 22.2 Å². The van der Waals surface area contributed by atoms with Crippen LogP contribution in [-0.4, -0.2) is 33.6 Å². The van der Waals surface area contributed by atoms with Gasteiger partial charge in [0.05, 0.1) is 18.3 Å². The Morgan fingerprint density at radius 1 is 0.955 bits per heavy atom. The van der Waals surface area contributed by atoms with Gasteiger partial charge in [0.1, 0.15) is 0 Å². The summed E-state index contributed by atoms with van der Waals surface area (Å²) in [6, 6.07) is 0. The Hall–Kier alpha value is -0.120. The Balaban J connectivity index is 1.78. The molecule has 4 aliphatic carbocycles. The second-order valence-electron chi connectivity index (χ2n) is 9.46. The SMILES string of the molecule is C[C@@]12CCC[C@@](O)(C1)[C@@H]1CC3(CCCCC3)[C@]1(CO)[C@@H](O)C2. The van der Waals surface area contributed by atoms with Crippen LogP contribution in [0.4, 0.5) is 0 Å². The van der Waals surface area contributed by atoms with E-state index in [1.54, 1.807) is 0 Å². The van der Waals surface area contributed by atoms with Gasteiger partial charge in [0, 0.05) is 5.41 Å². The predicted octanol–water partition coefficient (Wildman–Crippen LogP) is 3.01. The van der Waals surface area contributed by atoms with E-state index in [9.17, 15) is 15.3 Å². The molecule has 22 heavy (non-hydrogen) atoms. The van der Waals surface area contributed by atoms with Crippen molar-refractivity contribution in [1.29, 1.82) is 0 Å². The first kappa shape index (κ1) is 15.4. The quantitative estimate of drug-likeness (QED) is 0.698. The minimum Gasteiger partial charge on any atom is -0.396 e. The van der Waals surface area contributed by atoms with E-state index in [4.69, 9.17) is 0 Å². The molecule has 0 aromatic rings. The van der Waals surface area contributed by atoms with E-state index in [0.717, 1.165) is 51.4 Å². The largest absolute Gasteiger partial charge is 0.396 e. The number of hydrogen-bond donors (Lipinski definition) is 3. The molecule has 5 atom stereocenters. The minimum atomic E-state index is -0.657. The molecule has 0 unspecified atom stereocenters. The van der Waals surface area contributed by atoms with Gasteiger partial charge in [-0.1, -0.05) is 32.6 Å². The third kappa shape index (κ3) is 1.74. The van der Waals surface area contributed by atoms with E-state index >= 15 is 0 Å². The van der Waals surface area contributed by atoms with E-state index in [1.165, 1.54) is 19.3 Å². The summed E-state index contributed by atoms with van der Waals surface area (Å²) in [5.74, 6) is 0.0974.